The highest BCUT2D eigenvalue weighted by atomic mass is 14.9. The minimum atomic E-state index is 0.626. The van der Waals surface area contributed by atoms with Crippen LogP contribution in [0.5, 0.6) is 0 Å². The van der Waals surface area contributed by atoms with Crippen LogP contribution in [0.25, 0.3) is 6.08 Å². The van der Waals surface area contributed by atoms with Crippen molar-refractivity contribution < 1.29 is 0 Å². The van der Waals surface area contributed by atoms with E-state index in [9.17, 15) is 0 Å². The van der Waals surface area contributed by atoms with E-state index in [0.29, 0.717) is 5.56 Å². The van der Waals surface area contributed by atoms with Crippen LogP contribution in [0.3, 0.4) is 0 Å². The lowest BCUT2D eigenvalue weighted by molar-refractivity contribution is 1.46. The zero-order valence-electron chi connectivity index (χ0n) is 9.35. The highest BCUT2D eigenvalue weighted by molar-refractivity contribution is 5.66. The third-order valence-electron chi connectivity index (χ3n) is 2.46. The predicted molar refractivity (Wildman–Crippen MR) is 71.0 cm³/mol. The number of hydrogen-bond donors (Lipinski definition) is 1. The summed E-state index contributed by atoms with van der Waals surface area (Å²) in [5, 5.41) is 12.3. The second kappa shape index (κ2) is 5.00. The van der Waals surface area contributed by atoms with E-state index in [1.807, 2.05) is 48.5 Å². The molecule has 2 nitrogen and oxygen atoms in total. The van der Waals surface area contributed by atoms with Crippen molar-refractivity contribution in [1.82, 2.24) is 0 Å². The maximum atomic E-state index is 9.01. The van der Waals surface area contributed by atoms with Crippen LogP contribution in [0.2, 0.25) is 0 Å². The Balaban J connectivity index is 2.29. The molecule has 0 unspecified atom stereocenters. The highest BCUT2D eigenvalue weighted by Crippen LogP contribution is 2.20. The van der Waals surface area contributed by atoms with E-state index in [1.54, 1.807) is 6.08 Å². The number of para-hydroxylation sites is 1. The normalized spacial score (nSPS) is 9.35. The molecule has 0 aliphatic heterocycles. The lowest BCUT2D eigenvalue weighted by Crippen LogP contribution is -1.91. The molecule has 0 amide bonds. The summed E-state index contributed by atoms with van der Waals surface area (Å²) in [6.07, 6.45) is 1.69. The zero-order valence-corrected chi connectivity index (χ0v) is 9.35. The van der Waals surface area contributed by atoms with E-state index in [-0.39, 0.29) is 0 Å². The van der Waals surface area contributed by atoms with Gasteiger partial charge in [0, 0.05) is 11.4 Å². The second-order valence-electron chi connectivity index (χ2n) is 3.61. The molecule has 2 aromatic rings. The number of nitrogens with zero attached hydrogens (tertiary/aromatic N) is 1. The van der Waals surface area contributed by atoms with Gasteiger partial charge in [0.1, 0.15) is 0 Å². The van der Waals surface area contributed by atoms with Gasteiger partial charge in [0.25, 0.3) is 0 Å². The average Bonchev–Trinajstić information content (AvgIpc) is 2.40. The van der Waals surface area contributed by atoms with Crippen LogP contribution in [0.4, 0.5) is 11.4 Å². The third kappa shape index (κ3) is 2.53. The van der Waals surface area contributed by atoms with Gasteiger partial charge in [-0.2, -0.15) is 5.26 Å². The number of nitrogens with one attached hydrogen (secondary N) is 1. The molecule has 0 saturated heterocycles. The minimum absolute atomic E-state index is 0.626. The van der Waals surface area contributed by atoms with Crippen molar-refractivity contribution >= 4 is 17.5 Å². The first-order valence-corrected chi connectivity index (χ1v) is 5.32. The Kier molecular flexibility index (Phi) is 3.23. The first-order chi connectivity index (χ1) is 8.33. The van der Waals surface area contributed by atoms with Gasteiger partial charge in [0.05, 0.1) is 11.6 Å². The quantitative estimate of drug-likeness (QED) is 0.850. The molecule has 2 rings (SSSR count). The van der Waals surface area contributed by atoms with E-state index in [0.717, 1.165) is 16.9 Å². The minimum Gasteiger partial charge on any atom is -0.355 e. The molecule has 0 spiro atoms. The van der Waals surface area contributed by atoms with Gasteiger partial charge in [-0.15, -0.1) is 0 Å². The fourth-order valence-electron chi connectivity index (χ4n) is 1.60. The van der Waals surface area contributed by atoms with Crippen molar-refractivity contribution in [1.29, 1.82) is 5.26 Å². The van der Waals surface area contributed by atoms with Gasteiger partial charge in [-0.05, 0) is 29.8 Å². The molecule has 0 heterocycles. The summed E-state index contributed by atoms with van der Waals surface area (Å²) in [6, 6.07) is 17.7. The lowest BCUT2D eigenvalue weighted by Gasteiger charge is -2.07. The largest absolute Gasteiger partial charge is 0.355 e. The molecule has 2 aromatic carbocycles. The summed E-state index contributed by atoms with van der Waals surface area (Å²) < 4.78 is 0. The third-order valence-corrected chi connectivity index (χ3v) is 2.46. The summed E-state index contributed by atoms with van der Waals surface area (Å²) >= 11 is 0. The fourth-order valence-corrected chi connectivity index (χ4v) is 1.60. The topological polar surface area (TPSA) is 35.8 Å². The highest BCUT2D eigenvalue weighted by Gasteiger charge is 2.00. The van der Waals surface area contributed by atoms with Gasteiger partial charge < -0.3 is 5.32 Å². The molecule has 0 aliphatic carbocycles. The van der Waals surface area contributed by atoms with Crippen molar-refractivity contribution in [3.63, 3.8) is 0 Å². The Bertz CT molecular complexity index is 565. The van der Waals surface area contributed by atoms with Crippen LogP contribution in [0, 0.1) is 11.3 Å². The first kappa shape index (κ1) is 11.0. The molecule has 2 heteroatoms. The number of benzene rings is 2. The molecule has 82 valence electrons. The molecule has 0 aliphatic rings. The molecule has 0 atom stereocenters. The van der Waals surface area contributed by atoms with Gasteiger partial charge in [-0.3, -0.25) is 0 Å². The SMILES string of the molecule is C=Cc1ccc(Nc2ccccc2)cc1C#N. The maximum absolute atomic E-state index is 9.01. The number of nitriles is 1. The smallest absolute Gasteiger partial charge is 0.0998 e. The predicted octanol–water partition coefficient (Wildman–Crippen LogP) is 3.94. The molecule has 0 fully saturated rings. The molecule has 0 saturated carbocycles. The summed E-state index contributed by atoms with van der Waals surface area (Å²) in [5.74, 6) is 0. The Morgan fingerprint density at radius 3 is 2.47 bits per heavy atom. The number of hydrogen-bond acceptors (Lipinski definition) is 2. The Morgan fingerprint density at radius 2 is 1.82 bits per heavy atom. The van der Waals surface area contributed by atoms with Crippen molar-refractivity contribution in [3.8, 4) is 6.07 Å². The van der Waals surface area contributed by atoms with E-state index in [4.69, 9.17) is 5.26 Å². The van der Waals surface area contributed by atoms with E-state index < -0.39 is 0 Å². The monoisotopic (exact) mass is 220 g/mol. The molecule has 17 heavy (non-hydrogen) atoms. The van der Waals surface area contributed by atoms with Crippen molar-refractivity contribution in [3.05, 3.63) is 66.2 Å². The first-order valence-electron chi connectivity index (χ1n) is 5.32. The summed E-state index contributed by atoms with van der Waals surface area (Å²) in [7, 11) is 0. The number of rotatable bonds is 3. The Labute approximate surface area is 101 Å². The fraction of sp³-hybridized carbons (Fsp3) is 0. The molecule has 0 radical (unpaired) electrons. The lowest BCUT2D eigenvalue weighted by atomic mass is 10.1. The van der Waals surface area contributed by atoms with Crippen molar-refractivity contribution in [2.75, 3.05) is 5.32 Å². The summed E-state index contributed by atoms with van der Waals surface area (Å²) in [4.78, 5) is 0. The van der Waals surface area contributed by atoms with E-state index in [1.165, 1.54) is 0 Å². The van der Waals surface area contributed by atoms with E-state index in [2.05, 4.69) is 18.0 Å². The van der Waals surface area contributed by atoms with Gasteiger partial charge in [-0.25, -0.2) is 0 Å². The summed E-state index contributed by atoms with van der Waals surface area (Å²) in [5.41, 5.74) is 3.38. The van der Waals surface area contributed by atoms with Crippen LogP contribution in [-0.4, -0.2) is 0 Å². The Morgan fingerprint density at radius 1 is 1.06 bits per heavy atom. The molecule has 0 aromatic heterocycles. The van der Waals surface area contributed by atoms with Gasteiger partial charge in [-0.1, -0.05) is 36.9 Å². The molecular weight excluding hydrogens is 208 g/mol. The molecule has 0 bridgehead atoms. The molecule has 1 N–H and O–H groups in total. The van der Waals surface area contributed by atoms with Crippen LogP contribution in [0.1, 0.15) is 11.1 Å². The van der Waals surface area contributed by atoms with Gasteiger partial charge in [0.15, 0.2) is 0 Å². The second-order valence-corrected chi connectivity index (χ2v) is 3.61. The Hall–Kier alpha value is -2.53. The van der Waals surface area contributed by atoms with Crippen molar-refractivity contribution in [2.24, 2.45) is 0 Å². The van der Waals surface area contributed by atoms with Crippen molar-refractivity contribution in [2.45, 2.75) is 0 Å². The van der Waals surface area contributed by atoms with Gasteiger partial charge >= 0.3 is 0 Å². The van der Waals surface area contributed by atoms with Crippen LogP contribution >= 0.6 is 0 Å². The standard InChI is InChI=1S/C15H12N2/c1-2-12-8-9-15(10-13(12)11-16)17-14-6-4-3-5-7-14/h2-10,17H,1H2. The van der Waals surface area contributed by atoms with E-state index >= 15 is 0 Å². The number of anilines is 2. The zero-order chi connectivity index (χ0) is 12.1. The average molecular weight is 220 g/mol. The van der Waals surface area contributed by atoms with Crippen LogP contribution in [-0.2, 0) is 0 Å². The van der Waals surface area contributed by atoms with Crippen LogP contribution < -0.4 is 5.32 Å². The maximum Gasteiger partial charge on any atom is 0.0998 e. The molecular formula is C15H12N2. The van der Waals surface area contributed by atoms with Gasteiger partial charge in [0.2, 0.25) is 0 Å². The summed E-state index contributed by atoms with van der Waals surface area (Å²) in [6.45, 7) is 3.68. The van der Waals surface area contributed by atoms with Crippen LogP contribution in [0.15, 0.2) is 55.1 Å².